The van der Waals surface area contributed by atoms with Gasteiger partial charge in [-0.2, -0.15) is 5.11 Å². The van der Waals surface area contributed by atoms with Crippen LogP contribution >= 0.6 is 0 Å². The van der Waals surface area contributed by atoms with Crippen molar-refractivity contribution < 1.29 is 24.4 Å². The standard InChI is InChI=1S/C8H15O5/c1-4-5(9)6(11-2)7(12-3)8(10)13-4/h4-9H,1-3H3/t4-,5-,6-,7-,8-/m1/s1. The van der Waals surface area contributed by atoms with Crippen molar-refractivity contribution in [2.24, 2.45) is 0 Å². The molecule has 0 aromatic heterocycles. The van der Waals surface area contributed by atoms with Gasteiger partial charge in [0.05, 0.1) is 6.10 Å². The number of methoxy groups -OCH3 is 2. The summed E-state index contributed by atoms with van der Waals surface area (Å²) in [5, 5.41) is 20.9. The zero-order valence-electron chi connectivity index (χ0n) is 7.97. The molecule has 0 amide bonds. The Bertz CT molecular complexity index is 163. The lowest BCUT2D eigenvalue weighted by Gasteiger charge is -2.39. The third kappa shape index (κ3) is 2.00. The molecule has 1 aliphatic heterocycles. The first-order valence-corrected chi connectivity index (χ1v) is 4.16. The predicted molar refractivity (Wildman–Crippen MR) is 42.6 cm³/mol. The Kier molecular flexibility index (Phi) is 3.63. The molecular formula is C8H15O5. The van der Waals surface area contributed by atoms with E-state index in [9.17, 15) is 10.2 Å². The zero-order valence-corrected chi connectivity index (χ0v) is 7.97. The second-order valence-corrected chi connectivity index (χ2v) is 3.10. The summed E-state index contributed by atoms with van der Waals surface area (Å²) >= 11 is 0. The first-order chi connectivity index (χ1) is 6.11. The van der Waals surface area contributed by atoms with Crippen molar-refractivity contribution >= 4 is 0 Å². The SMILES string of the molecule is CO[C@@H]1[C@H](O)[C@@H](C)O[C@@H]([O])[C@@H]1OC. The van der Waals surface area contributed by atoms with Gasteiger partial charge < -0.3 is 19.3 Å². The molecule has 0 aliphatic carbocycles. The van der Waals surface area contributed by atoms with Crippen LogP contribution in [0.2, 0.25) is 0 Å². The van der Waals surface area contributed by atoms with Gasteiger partial charge in [0.25, 0.3) is 0 Å². The molecule has 0 unspecified atom stereocenters. The normalized spacial score (nSPS) is 46.4. The molecule has 1 radical (unpaired) electrons. The molecule has 5 heteroatoms. The van der Waals surface area contributed by atoms with Crippen LogP contribution in [-0.4, -0.2) is 50.0 Å². The summed E-state index contributed by atoms with van der Waals surface area (Å²) in [5.74, 6) is 0. The Morgan fingerprint density at radius 2 is 1.77 bits per heavy atom. The summed E-state index contributed by atoms with van der Waals surface area (Å²) in [7, 11) is 2.83. The lowest BCUT2D eigenvalue weighted by atomic mass is 10.00. The highest BCUT2D eigenvalue weighted by Crippen LogP contribution is 2.23. The van der Waals surface area contributed by atoms with Crippen LogP contribution < -0.4 is 0 Å². The molecule has 0 spiro atoms. The van der Waals surface area contributed by atoms with Crippen molar-refractivity contribution in [1.29, 1.82) is 0 Å². The monoisotopic (exact) mass is 191 g/mol. The van der Waals surface area contributed by atoms with Crippen LogP contribution in [0.3, 0.4) is 0 Å². The summed E-state index contributed by atoms with van der Waals surface area (Å²) in [4.78, 5) is 0. The second kappa shape index (κ2) is 4.34. The highest BCUT2D eigenvalue weighted by molar-refractivity contribution is 4.88. The summed E-state index contributed by atoms with van der Waals surface area (Å²) in [6.07, 6.45) is -4.00. The molecule has 5 atom stereocenters. The predicted octanol–water partition coefficient (Wildman–Crippen LogP) is -0.447. The Hall–Kier alpha value is -0.200. The second-order valence-electron chi connectivity index (χ2n) is 3.10. The van der Waals surface area contributed by atoms with Gasteiger partial charge in [-0.05, 0) is 6.92 Å². The van der Waals surface area contributed by atoms with Crippen molar-refractivity contribution in [2.45, 2.75) is 37.6 Å². The number of aliphatic hydroxyl groups excluding tert-OH is 1. The van der Waals surface area contributed by atoms with Crippen molar-refractivity contribution in [1.82, 2.24) is 0 Å². The quantitative estimate of drug-likeness (QED) is 0.642. The van der Waals surface area contributed by atoms with Gasteiger partial charge in [-0.3, -0.25) is 0 Å². The topological polar surface area (TPSA) is 67.8 Å². The van der Waals surface area contributed by atoms with Gasteiger partial charge in [-0.25, -0.2) is 0 Å². The number of hydrogen-bond acceptors (Lipinski definition) is 4. The van der Waals surface area contributed by atoms with E-state index in [0.717, 1.165) is 0 Å². The summed E-state index contributed by atoms with van der Waals surface area (Å²) in [6, 6.07) is 0. The molecule has 1 rings (SSSR count). The maximum Gasteiger partial charge on any atom is 0.220 e. The van der Waals surface area contributed by atoms with E-state index in [-0.39, 0.29) is 0 Å². The molecule has 0 bridgehead atoms. The van der Waals surface area contributed by atoms with E-state index in [1.54, 1.807) is 6.92 Å². The van der Waals surface area contributed by atoms with Crippen LogP contribution in [0.5, 0.6) is 0 Å². The minimum atomic E-state index is -1.30. The van der Waals surface area contributed by atoms with Gasteiger partial charge in [0.15, 0.2) is 0 Å². The van der Waals surface area contributed by atoms with Gasteiger partial charge in [0.2, 0.25) is 6.29 Å². The third-order valence-corrected chi connectivity index (χ3v) is 2.30. The van der Waals surface area contributed by atoms with Gasteiger partial charge in [-0.15, -0.1) is 0 Å². The molecule has 1 N–H and O–H groups in total. The van der Waals surface area contributed by atoms with E-state index in [1.807, 2.05) is 0 Å². The maximum absolute atomic E-state index is 11.3. The van der Waals surface area contributed by atoms with Crippen molar-refractivity contribution in [3.05, 3.63) is 0 Å². The Morgan fingerprint density at radius 3 is 2.23 bits per heavy atom. The molecule has 1 saturated heterocycles. The van der Waals surface area contributed by atoms with E-state index in [1.165, 1.54) is 14.2 Å². The van der Waals surface area contributed by atoms with Crippen LogP contribution in [0.15, 0.2) is 0 Å². The molecule has 0 saturated carbocycles. The van der Waals surface area contributed by atoms with Gasteiger partial charge in [0.1, 0.15) is 18.3 Å². The summed E-state index contributed by atoms with van der Waals surface area (Å²) in [6.45, 7) is 1.63. The van der Waals surface area contributed by atoms with Gasteiger partial charge in [-0.1, -0.05) is 0 Å². The van der Waals surface area contributed by atoms with E-state index in [2.05, 4.69) is 0 Å². The molecule has 5 nitrogen and oxygen atoms in total. The van der Waals surface area contributed by atoms with Crippen molar-refractivity contribution in [3.63, 3.8) is 0 Å². The summed E-state index contributed by atoms with van der Waals surface area (Å²) in [5.41, 5.74) is 0. The summed E-state index contributed by atoms with van der Waals surface area (Å²) < 4.78 is 14.8. The van der Waals surface area contributed by atoms with E-state index in [4.69, 9.17) is 14.2 Å². The molecule has 0 aromatic carbocycles. The van der Waals surface area contributed by atoms with Crippen LogP contribution in [0.4, 0.5) is 0 Å². The fourth-order valence-corrected chi connectivity index (χ4v) is 1.50. The van der Waals surface area contributed by atoms with E-state index < -0.39 is 30.7 Å². The average molecular weight is 191 g/mol. The van der Waals surface area contributed by atoms with Crippen molar-refractivity contribution in [2.75, 3.05) is 14.2 Å². The fourth-order valence-electron chi connectivity index (χ4n) is 1.50. The number of rotatable bonds is 2. The Balaban J connectivity index is 2.71. The molecule has 1 heterocycles. The minimum Gasteiger partial charge on any atom is -0.388 e. The molecule has 0 aromatic rings. The molecule has 1 fully saturated rings. The Labute approximate surface area is 77.2 Å². The molecular weight excluding hydrogens is 176 g/mol. The fraction of sp³-hybridized carbons (Fsp3) is 1.00. The lowest BCUT2D eigenvalue weighted by molar-refractivity contribution is -0.304. The third-order valence-electron chi connectivity index (χ3n) is 2.30. The number of aliphatic hydroxyl groups is 1. The maximum atomic E-state index is 11.3. The van der Waals surface area contributed by atoms with Gasteiger partial charge >= 0.3 is 0 Å². The number of ether oxygens (including phenoxy) is 3. The molecule has 1 aliphatic rings. The first-order valence-electron chi connectivity index (χ1n) is 4.16. The number of hydrogen-bond donors (Lipinski definition) is 1. The lowest BCUT2D eigenvalue weighted by Crippen LogP contribution is -2.57. The highest BCUT2D eigenvalue weighted by atomic mass is 16.7. The van der Waals surface area contributed by atoms with Crippen LogP contribution in [0.25, 0.3) is 0 Å². The highest BCUT2D eigenvalue weighted by Gasteiger charge is 2.44. The smallest absolute Gasteiger partial charge is 0.220 e. The van der Waals surface area contributed by atoms with Gasteiger partial charge in [0, 0.05) is 14.2 Å². The Morgan fingerprint density at radius 1 is 1.23 bits per heavy atom. The van der Waals surface area contributed by atoms with Crippen LogP contribution in [0.1, 0.15) is 6.92 Å². The zero-order chi connectivity index (χ0) is 10.0. The molecule has 13 heavy (non-hydrogen) atoms. The first kappa shape index (κ1) is 10.9. The van der Waals surface area contributed by atoms with Crippen LogP contribution in [0, 0.1) is 0 Å². The van der Waals surface area contributed by atoms with E-state index >= 15 is 0 Å². The van der Waals surface area contributed by atoms with E-state index in [0.29, 0.717) is 0 Å². The van der Waals surface area contributed by atoms with Crippen molar-refractivity contribution in [3.8, 4) is 0 Å². The average Bonchev–Trinajstić information content (AvgIpc) is 2.10. The van der Waals surface area contributed by atoms with Crippen LogP contribution in [-0.2, 0) is 19.3 Å². The minimum absolute atomic E-state index is 0.515. The molecule has 77 valence electrons. The largest absolute Gasteiger partial charge is 0.388 e.